The first-order valence-corrected chi connectivity index (χ1v) is 6.02. The van der Waals surface area contributed by atoms with Crippen molar-refractivity contribution in [3.8, 4) is 5.75 Å². The molecular formula is C14H18NO4-. The highest BCUT2D eigenvalue weighted by Crippen LogP contribution is 2.23. The average molecular weight is 264 g/mol. The van der Waals surface area contributed by atoms with Crippen LogP contribution in [0.5, 0.6) is 5.75 Å². The van der Waals surface area contributed by atoms with Crippen molar-refractivity contribution in [2.45, 2.75) is 33.7 Å². The minimum Gasteiger partial charge on any atom is -0.548 e. The standard InChI is InChI=1S/C14H19NO4/c1-8-5-9(2)10(3)12(6-8)19-7-13(16)15-11(4)14(17)18/h5-6,11H,7H2,1-4H3,(H,15,16)(H,17,18)/p-1/t11-/m1/s1. The molecule has 104 valence electrons. The van der Waals surface area contributed by atoms with Gasteiger partial charge in [0.05, 0.1) is 12.0 Å². The number of carboxylic acid groups (broad SMARTS) is 1. The molecule has 0 unspecified atom stereocenters. The smallest absolute Gasteiger partial charge is 0.258 e. The molecule has 1 aromatic rings. The van der Waals surface area contributed by atoms with Crippen molar-refractivity contribution in [1.82, 2.24) is 5.32 Å². The molecule has 0 spiro atoms. The SMILES string of the molecule is Cc1cc(C)c(C)c(OCC(=O)N[C@H](C)C(=O)[O-])c1. The van der Waals surface area contributed by atoms with Crippen LogP contribution >= 0.6 is 0 Å². The van der Waals surface area contributed by atoms with E-state index in [1.54, 1.807) is 0 Å². The fraction of sp³-hybridized carbons (Fsp3) is 0.429. The zero-order chi connectivity index (χ0) is 14.6. The van der Waals surface area contributed by atoms with Gasteiger partial charge >= 0.3 is 0 Å². The molecule has 0 saturated heterocycles. The molecular weight excluding hydrogens is 246 g/mol. The molecule has 0 aliphatic rings. The fourth-order valence-electron chi connectivity index (χ4n) is 1.64. The molecule has 0 heterocycles. The maximum absolute atomic E-state index is 11.5. The van der Waals surface area contributed by atoms with Gasteiger partial charge in [0.25, 0.3) is 5.91 Å². The number of hydrogen-bond acceptors (Lipinski definition) is 4. The zero-order valence-electron chi connectivity index (χ0n) is 11.6. The maximum atomic E-state index is 11.5. The summed E-state index contributed by atoms with van der Waals surface area (Å²) in [6.45, 7) is 6.94. The van der Waals surface area contributed by atoms with Gasteiger partial charge in [-0.15, -0.1) is 0 Å². The Balaban J connectivity index is 2.62. The van der Waals surface area contributed by atoms with Gasteiger partial charge in [-0.05, 0) is 50.5 Å². The lowest BCUT2D eigenvalue weighted by atomic mass is 10.1. The van der Waals surface area contributed by atoms with E-state index < -0.39 is 17.9 Å². The Hall–Kier alpha value is -2.04. The highest BCUT2D eigenvalue weighted by Gasteiger charge is 2.10. The highest BCUT2D eigenvalue weighted by molar-refractivity contribution is 5.83. The second kappa shape index (κ2) is 6.22. The second-order valence-electron chi connectivity index (χ2n) is 4.60. The van der Waals surface area contributed by atoms with Crippen LogP contribution in [0.15, 0.2) is 12.1 Å². The number of aliphatic carboxylic acids is 1. The van der Waals surface area contributed by atoms with Gasteiger partial charge in [-0.1, -0.05) is 6.07 Å². The van der Waals surface area contributed by atoms with Crippen molar-refractivity contribution < 1.29 is 19.4 Å². The first-order chi connectivity index (χ1) is 8.81. The molecule has 0 radical (unpaired) electrons. The van der Waals surface area contributed by atoms with Crippen LogP contribution in [0.4, 0.5) is 0 Å². The number of ether oxygens (including phenoxy) is 1. The van der Waals surface area contributed by atoms with Gasteiger partial charge in [0.15, 0.2) is 6.61 Å². The molecule has 0 aliphatic carbocycles. The molecule has 0 saturated carbocycles. The van der Waals surface area contributed by atoms with Crippen molar-refractivity contribution >= 4 is 11.9 Å². The molecule has 1 atom stereocenters. The van der Waals surface area contributed by atoms with Crippen LogP contribution in [-0.2, 0) is 9.59 Å². The summed E-state index contributed by atoms with van der Waals surface area (Å²) >= 11 is 0. The van der Waals surface area contributed by atoms with Gasteiger partial charge in [-0.25, -0.2) is 0 Å². The normalized spacial score (nSPS) is 11.8. The van der Waals surface area contributed by atoms with Crippen molar-refractivity contribution in [2.75, 3.05) is 6.61 Å². The number of rotatable bonds is 5. The van der Waals surface area contributed by atoms with Crippen molar-refractivity contribution in [2.24, 2.45) is 0 Å². The molecule has 1 rings (SSSR count). The number of carboxylic acids is 1. The number of amides is 1. The number of benzene rings is 1. The number of aryl methyl sites for hydroxylation is 2. The van der Waals surface area contributed by atoms with E-state index in [-0.39, 0.29) is 6.61 Å². The van der Waals surface area contributed by atoms with Gasteiger partial charge in [0.1, 0.15) is 5.75 Å². The molecule has 0 fully saturated rings. The van der Waals surface area contributed by atoms with E-state index >= 15 is 0 Å². The molecule has 0 bridgehead atoms. The third-order valence-corrected chi connectivity index (χ3v) is 2.85. The lowest BCUT2D eigenvalue weighted by Crippen LogP contribution is -2.47. The Morgan fingerprint density at radius 1 is 1.32 bits per heavy atom. The van der Waals surface area contributed by atoms with E-state index in [0.29, 0.717) is 5.75 Å². The zero-order valence-corrected chi connectivity index (χ0v) is 11.6. The van der Waals surface area contributed by atoms with Gasteiger partial charge < -0.3 is 20.0 Å². The molecule has 0 aliphatic heterocycles. The van der Waals surface area contributed by atoms with Crippen LogP contribution in [0.2, 0.25) is 0 Å². The third-order valence-electron chi connectivity index (χ3n) is 2.85. The summed E-state index contributed by atoms with van der Waals surface area (Å²) in [6.07, 6.45) is 0. The first kappa shape index (κ1) is 15.0. The van der Waals surface area contributed by atoms with Gasteiger partial charge in [-0.3, -0.25) is 4.79 Å². The number of carbonyl (C=O) groups excluding carboxylic acids is 2. The molecule has 1 aromatic carbocycles. The minimum absolute atomic E-state index is 0.221. The molecule has 5 heteroatoms. The van der Waals surface area contributed by atoms with Crippen LogP contribution in [0.1, 0.15) is 23.6 Å². The van der Waals surface area contributed by atoms with Crippen LogP contribution in [-0.4, -0.2) is 24.5 Å². The van der Waals surface area contributed by atoms with Gasteiger partial charge in [0.2, 0.25) is 0 Å². The largest absolute Gasteiger partial charge is 0.548 e. The highest BCUT2D eigenvalue weighted by atomic mass is 16.5. The van der Waals surface area contributed by atoms with E-state index in [1.807, 2.05) is 32.9 Å². The quantitative estimate of drug-likeness (QED) is 0.826. The lowest BCUT2D eigenvalue weighted by Gasteiger charge is -2.16. The molecule has 19 heavy (non-hydrogen) atoms. The Labute approximate surface area is 112 Å². The van der Waals surface area contributed by atoms with Gasteiger partial charge in [0, 0.05) is 0 Å². The molecule has 0 aromatic heterocycles. The molecule has 5 nitrogen and oxygen atoms in total. The van der Waals surface area contributed by atoms with Crippen LogP contribution in [0.25, 0.3) is 0 Å². The topological polar surface area (TPSA) is 78.5 Å². The predicted octanol–water partition coefficient (Wildman–Crippen LogP) is 0.245. The van der Waals surface area contributed by atoms with Crippen LogP contribution < -0.4 is 15.2 Å². The van der Waals surface area contributed by atoms with Crippen LogP contribution in [0.3, 0.4) is 0 Å². The first-order valence-electron chi connectivity index (χ1n) is 6.02. The fourth-order valence-corrected chi connectivity index (χ4v) is 1.64. The summed E-state index contributed by atoms with van der Waals surface area (Å²) in [6, 6.07) is 2.84. The Kier molecular flexibility index (Phi) is 4.92. The van der Waals surface area contributed by atoms with E-state index in [1.165, 1.54) is 6.92 Å². The summed E-state index contributed by atoms with van der Waals surface area (Å²) in [4.78, 5) is 22.0. The minimum atomic E-state index is -1.32. The number of carbonyl (C=O) groups is 2. The van der Waals surface area contributed by atoms with E-state index in [0.717, 1.165) is 16.7 Å². The number of hydrogen-bond donors (Lipinski definition) is 1. The summed E-state index contributed by atoms with van der Waals surface area (Å²) in [7, 11) is 0. The maximum Gasteiger partial charge on any atom is 0.258 e. The third kappa shape index (κ3) is 4.28. The Morgan fingerprint density at radius 2 is 1.95 bits per heavy atom. The monoisotopic (exact) mass is 264 g/mol. The van der Waals surface area contributed by atoms with Crippen molar-refractivity contribution in [3.63, 3.8) is 0 Å². The summed E-state index contributed by atoms with van der Waals surface area (Å²) in [5, 5.41) is 12.8. The second-order valence-corrected chi connectivity index (χ2v) is 4.60. The van der Waals surface area contributed by atoms with E-state index in [2.05, 4.69) is 5.32 Å². The van der Waals surface area contributed by atoms with E-state index in [4.69, 9.17) is 4.74 Å². The lowest BCUT2D eigenvalue weighted by molar-refractivity contribution is -0.307. The predicted molar refractivity (Wildman–Crippen MR) is 68.8 cm³/mol. The number of nitrogens with one attached hydrogen (secondary N) is 1. The summed E-state index contributed by atoms with van der Waals surface area (Å²) < 4.78 is 5.42. The average Bonchev–Trinajstić information content (AvgIpc) is 2.31. The summed E-state index contributed by atoms with van der Waals surface area (Å²) in [5.41, 5.74) is 3.09. The van der Waals surface area contributed by atoms with Crippen LogP contribution in [0, 0.1) is 20.8 Å². The summed E-state index contributed by atoms with van der Waals surface area (Å²) in [5.74, 6) is -1.18. The Bertz CT molecular complexity index is 496. The molecule has 1 N–H and O–H groups in total. The van der Waals surface area contributed by atoms with Crippen molar-refractivity contribution in [3.05, 3.63) is 28.8 Å². The molecule has 1 amide bonds. The van der Waals surface area contributed by atoms with Crippen molar-refractivity contribution in [1.29, 1.82) is 0 Å². The Morgan fingerprint density at radius 3 is 2.53 bits per heavy atom. The van der Waals surface area contributed by atoms with E-state index in [9.17, 15) is 14.7 Å². The van der Waals surface area contributed by atoms with Gasteiger partial charge in [-0.2, -0.15) is 0 Å².